The molecule has 1 aromatic heterocycles. The van der Waals surface area contributed by atoms with Gasteiger partial charge in [-0.15, -0.1) is 0 Å². The summed E-state index contributed by atoms with van der Waals surface area (Å²) < 4.78 is 287. The summed E-state index contributed by atoms with van der Waals surface area (Å²) in [6.45, 7) is -8.58. The normalized spacial score (nSPS) is 16.9. The van der Waals surface area contributed by atoms with Crippen LogP contribution in [0.15, 0.2) is 18.7 Å². The minimum absolute atomic E-state index is 0. The van der Waals surface area contributed by atoms with Crippen LogP contribution in [0.4, 0.5) is 83.4 Å². The van der Waals surface area contributed by atoms with E-state index in [4.69, 9.17) is 1.37 Å². The van der Waals surface area contributed by atoms with Crippen molar-refractivity contribution < 1.29 is 190 Å². The van der Waals surface area contributed by atoms with Crippen LogP contribution in [0.25, 0.3) is 0 Å². The molecule has 0 bridgehead atoms. The number of nitrogens with zero attached hydrogens (tertiary/aromatic N) is 2. The Labute approximate surface area is 361 Å². The number of ether oxygens (including phenoxy) is 2. The fourth-order valence-corrected chi connectivity index (χ4v) is 3.96. The molecule has 0 aromatic carbocycles. The van der Waals surface area contributed by atoms with Crippen LogP contribution < -0.4 is 68.9 Å². The summed E-state index contributed by atoms with van der Waals surface area (Å²) in [5.74, 6) is -12.7. The number of hydrogen-bond acceptors (Lipinski definition) is 11. The molecule has 0 N–H and O–H groups in total. The van der Waals surface area contributed by atoms with Gasteiger partial charge in [-0.1, -0.05) is 20.7 Å². The van der Waals surface area contributed by atoms with E-state index < -0.39 is 104 Å². The molecule has 0 spiro atoms. The molecule has 0 amide bonds. The molecule has 0 saturated heterocycles. The van der Waals surface area contributed by atoms with E-state index in [1.54, 1.807) is 0 Å². The van der Waals surface area contributed by atoms with Crippen LogP contribution in [-0.2, 0) is 43.2 Å². The third kappa shape index (κ3) is 24.6. The Morgan fingerprint density at radius 3 is 1.59 bits per heavy atom. The number of rotatable bonds is 20. The average Bonchev–Trinajstić information content (AvgIpc) is 3.59. The number of hydrogen-bond donors (Lipinski definition) is 0. The van der Waals surface area contributed by atoms with Crippen LogP contribution in [0, 0.1) is 0 Å². The van der Waals surface area contributed by atoms with Crippen LogP contribution in [0.2, 0.25) is 0 Å². The Morgan fingerprint density at radius 1 is 0.759 bits per heavy atom. The molecule has 58 heavy (non-hydrogen) atoms. The van der Waals surface area contributed by atoms with Gasteiger partial charge in [-0.05, 0) is 6.42 Å². The molecule has 0 aliphatic rings. The summed E-state index contributed by atoms with van der Waals surface area (Å²) in [4.78, 5) is 26.7. The SMILES string of the molecule is CCCCn1ccnc1.CF.O=P([O-])(OCCOP(=O)([O-])OCC(F)(OCC(F)C(F)(F)F)C(F)(F)F)OCC(OC(F)(F)C(F)(F)C(F)(F)F)C(F)(F)F.[2H]C.[Na+].[Na+]. The van der Waals surface area contributed by atoms with Crippen LogP contribution in [0.1, 0.15) is 28.5 Å². The molecule has 0 fully saturated rings. The van der Waals surface area contributed by atoms with Gasteiger partial charge in [0, 0.05) is 20.3 Å². The first-order chi connectivity index (χ1) is 25.5. The summed E-state index contributed by atoms with van der Waals surface area (Å²) in [5, 5.41) is 0. The van der Waals surface area contributed by atoms with Crippen LogP contribution in [0.3, 0.4) is 0 Å². The molecule has 0 aliphatic carbocycles. The average molecular weight is 965 g/mol. The molecule has 338 valence electrons. The fraction of sp³-hybridized carbons (Fsp3) is 0.870. The Kier molecular flexibility index (Phi) is 30.4. The first-order valence-electron chi connectivity index (χ1n) is 14.7. The molecule has 12 nitrogen and oxygen atoms in total. The predicted molar refractivity (Wildman–Crippen MR) is 144 cm³/mol. The van der Waals surface area contributed by atoms with Crippen LogP contribution >= 0.6 is 15.6 Å². The number of halogens is 19. The standard InChI is InChI=1S/C14H14F18O10P2.C7H12N2.CH3F.CH4.2Na/c15-6(9(17,18)19)3-37-8(16,12(25,26)27)5-41-44(35,36)39-2-1-38-43(33,34)40-4-7(10(20,21)22)42-14(31,32)11(23,24)13(28,29)30;1-2-3-5-9-6-4-8-7-9;1-2;;;/h6-7H,1-5H2,(H,33,34)(H,35,36);4,6-7H,2-3,5H2,1H3;1H3;1H4;;/q;;;;2*+1/p-2/i;;;1D;;. The number of unbranched alkanes of at least 4 members (excludes halogenated alkanes) is 1. The molecule has 0 saturated carbocycles. The predicted octanol–water partition coefficient (Wildman–Crippen LogP) is 1.79. The van der Waals surface area contributed by atoms with Gasteiger partial charge in [-0.2, -0.15) is 74.6 Å². The van der Waals surface area contributed by atoms with Gasteiger partial charge < -0.3 is 37.2 Å². The zero-order chi connectivity index (χ0) is 46.0. The van der Waals surface area contributed by atoms with E-state index in [0.717, 1.165) is 6.54 Å². The van der Waals surface area contributed by atoms with E-state index in [2.05, 4.69) is 44.0 Å². The maximum Gasteiger partial charge on any atom is 1.00 e. The second kappa shape index (κ2) is 27.3. The molecule has 0 radical (unpaired) electrons. The van der Waals surface area contributed by atoms with Gasteiger partial charge >= 0.3 is 102 Å². The van der Waals surface area contributed by atoms with Crippen molar-refractivity contribution in [3.63, 3.8) is 0 Å². The van der Waals surface area contributed by atoms with E-state index in [1.807, 2.05) is 18.7 Å². The molecule has 1 aromatic rings. The summed E-state index contributed by atoms with van der Waals surface area (Å²) >= 11 is 0. The van der Waals surface area contributed by atoms with Crippen molar-refractivity contribution in [2.75, 3.05) is 40.2 Å². The number of phosphoric acid groups is 2. The van der Waals surface area contributed by atoms with Crippen molar-refractivity contribution in [3.05, 3.63) is 18.7 Å². The minimum Gasteiger partial charge on any atom is -0.756 e. The molecule has 1 heterocycles. The van der Waals surface area contributed by atoms with E-state index >= 15 is 0 Å². The third-order valence-electron chi connectivity index (χ3n) is 5.32. The van der Waals surface area contributed by atoms with Crippen molar-refractivity contribution in [1.82, 2.24) is 9.55 Å². The van der Waals surface area contributed by atoms with Gasteiger partial charge in [-0.3, -0.25) is 18.3 Å². The van der Waals surface area contributed by atoms with Gasteiger partial charge in [0.05, 0.1) is 39.9 Å². The van der Waals surface area contributed by atoms with Gasteiger partial charge in [0.1, 0.15) is 6.61 Å². The van der Waals surface area contributed by atoms with Gasteiger partial charge in [0.15, 0.2) is 6.10 Å². The van der Waals surface area contributed by atoms with Gasteiger partial charge in [0.2, 0.25) is 6.17 Å². The molecule has 0 aliphatic heterocycles. The zero-order valence-electron chi connectivity index (χ0n) is 31.1. The Bertz CT molecular complexity index is 1340. The molecule has 5 unspecified atom stereocenters. The smallest absolute Gasteiger partial charge is 0.756 e. The minimum atomic E-state index is -7.25. The van der Waals surface area contributed by atoms with Crippen LogP contribution in [0.5, 0.6) is 0 Å². The molecule has 5 atom stereocenters. The maximum atomic E-state index is 13.9. The second-order valence-corrected chi connectivity index (χ2v) is 12.4. The summed E-state index contributed by atoms with van der Waals surface area (Å²) in [5.41, 5.74) is 0. The van der Waals surface area contributed by atoms with Crippen molar-refractivity contribution in [1.29, 1.82) is 0 Å². The largest absolute Gasteiger partial charge is 1.00 e. The van der Waals surface area contributed by atoms with E-state index in [9.17, 15) is 102 Å². The fourth-order valence-electron chi connectivity index (χ4n) is 2.57. The number of alkyl halides is 19. The second-order valence-electron chi connectivity index (χ2n) is 9.57. The zero-order valence-corrected chi connectivity index (χ0v) is 35.9. The van der Waals surface area contributed by atoms with Gasteiger partial charge in [0.25, 0.3) is 15.6 Å². The number of aromatic nitrogens is 2. The monoisotopic (exact) mass is 965 g/mol. The summed E-state index contributed by atoms with van der Waals surface area (Å²) in [6.07, 6.45) is -33.2. The van der Waals surface area contributed by atoms with Crippen molar-refractivity contribution in [2.24, 2.45) is 0 Å². The maximum absolute atomic E-state index is 13.9. The quantitative estimate of drug-likeness (QED) is 0.0815. The Hall–Kier alpha value is 0.0200. The number of imidazole rings is 1. The van der Waals surface area contributed by atoms with Crippen molar-refractivity contribution in [3.8, 4) is 0 Å². The van der Waals surface area contributed by atoms with Crippen molar-refractivity contribution >= 4 is 15.6 Å². The van der Waals surface area contributed by atoms with Crippen molar-refractivity contribution in [2.45, 2.75) is 88.6 Å². The Morgan fingerprint density at radius 2 is 1.22 bits per heavy atom. The number of phosphoric ester groups is 2. The first-order valence-corrected chi connectivity index (χ1v) is 16.7. The van der Waals surface area contributed by atoms with E-state index in [-0.39, 0.29) is 59.1 Å². The Balaban J connectivity index is -0.000000555. The third-order valence-corrected chi connectivity index (χ3v) is 7.23. The number of aryl methyl sites for hydroxylation is 1. The van der Waals surface area contributed by atoms with E-state index in [0.29, 0.717) is 7.18 Å². The summed E-state index contributed by atoms with van der Waals surface area (Å²) in [7, 11) is -10.8. The first kappa shape index (κ1) is 64.6. The molecular weight excluding hydrogens is 933 g/mol. The topological polar surface area (TPSA) is 153 Å². The van der Waals surface area contributed by atoms with Crippen LogP contribution in [-0.4, -0.2) is 105 Å². The van der Waals surface area contributed by atoms with Gasteiger partial charge in [-0.25, -0.2) is 9.37 Å². The summed E-state index contributed by atoms with van der Waals surface area (Å²) in [6, 6.07) is 0. The molecular formula is C23H31F19N2Na2O10P2. The van der Waals surface area contributed by atoms with E-state index in [1.165, 1.54) is 20.2 Å². The molecule has 35 heteroatoms. The molecule has 1 rings (SSSR count).